The number of carbonyl (C=O) groups is 1. The van der Waals surface area contributed by atoms with Crippen LogP contribution in [0.3, 0.4) is 0 Å². The highest BCUT2D eigenvalue weighted by molar-refractivity contribution is 5.94. The third-order valence-corrected chi connectivity index (χ3v) is 5.97. The van der Waals surface area contributed by atoms with E-state index in [0.717, 1.165) is 50.0 Å². The molecule has 1 aliphatic carbocycles. The van der Waals surface area contributed by atoms with Gasteiger partial charge in [-0.15, -0.1) is 0 Å². The molecule has 2 heterocycles. The highest BCUT2D eigenvalue weighted by Gasteiger charge is 2.27. The third kappa shape index (κ3) is 3.64. The first-order valence-corrected chi connectivity index (χ1v) is 9.79. The molecule has 0 spiro atoms. The number of anilines is 1. The molecule has 5 nitrogen and oxygen atoms in total. The Morgan fingerprint density at radius 3 is 2.70 bits per heavy atom. The number of carbonyl (C=O) groups excluding carboxylic acids is 1. The molecule has 2 aliphatic rings. The highest BCUT2D eigenvalue weighted by atomic mass is 16.5. The van der Waals surface area contributed by atoms with Crippen molar-refractivity contribution in [3.63, 3.8) is 0 Å². The molecule has 2 aromatic rings. The number of piperidine rings is 1. The first-order chi connectivity index (χ1) is 13.2. The molecule has 1 aromatic heterocycles. The lowest BCUT2D eigenvalue weighted by molar-refractivity contribution is 0.0709. The number of amides is 1. The molecular formula is C22H27N3O2. The minimum atomic E-state index is 0.147. The van der Waals surface area contributed by atoms with E-state index in [2.05, 4.69) is 22.0 Å². The standard InChI is InChI=1S/C22H27N3O2/c1-24(22(26)18-7-6-16-4-3-5-17(16)14-18)19-9-12-25(13-10-19)20-8-11-23-21(15-20)27-2/h6-8,11,14-15,19H,3-5,9-10,12-13H2,1-2H3. The zero-order chi connectivity index (χ0) is 18.8. The van der Waals surface area contributed by atoms with Gasteiger partial charge in [-0.25, -0.2) is 4.98 Å². The van der Waals surface area contributed by atoms with Gasteiger partial charge in [0.2, 0.25) is 5.88 Å². The van der Waals surface area contributed by atoms with Crippen LogP contribution in [0.5, 0.6) is 5.88 Å². The first kappa shape index (κ1) is 17.8. The van der Waals surface area contributed by atoms with Crippen molar-refractivity contribution >= 4 is 11.6 Å². The van der Waals surface area contributed by atoms with Crippen molar-refractivity contribution in [1.82, 2.24) is 9.88 Å². The van der Waals surface area contributed by atoms with Crippen LogP contribution in [-0.4, -0.2) is 49.1 Å². The Bertz CT molecular complexity index is 828. The molecule has 1 fully saturated rings. The number of aromatic nitrogens is 1. The number of aryl methyl sites for hydroxylation is 2. The van der Waals surface area contributed by atoms with Gasteiger partial charge < -0.3 is 14.5 Å². The van der Waals surface area contributed by atoms with Crippen LogP contribution in [-0.2, 0) is 12.8 Å². The van der Waals surface area contributed by atoms with Gasteiger partial charge in [0, 0.05) is 49.7 Å². The number of fused-ring (bicyclic) bond motifs is 1. The first-order valence-electron chi connectivity index (χ1n) is 9.79. The Hall–Kier alpha value is -2.56. The van der Waals surface area contributed by atoms with Crippen LogP contribution < -0.4 is 9.64 Å². The van der Waals surface area contributed by atoms with E-state index >= 15 is 0 Å². The largest absolute Gasteiger partial charge is 0.481 e. The molecule has 0 radical (unpaired) electrons. The molecule has 0 N–H and O–H groups in total. The Balaban J connectivity index is 1.39. The van der Waals surface area contributed by atoms with Crippen molar-refractivity contribution in [2.75, 3.05) is 32.1 Å². The van der Waals surface area contributed by atoms with Crippen LogP contribution in [0.2, 0.25) is 0 Å². The zero-order valence-electron chi connectivity index (χ0n) is 16.1. The summed E-state index contributed by atoms with van der Waals surface area (Å²) in [7, 11) is 3.59. The fourth-order valence-electron chi connectivity index (χ4n) is 4.29. The van der Waals surface area contributed by atoms with Gasteiger partial charge in [-0.3, -0.25) is 4.79 Å². The number of ether oxygens (including phenoxy) is 1. The Kier molecular flexibility index (Phi) is 5.01. The van der Waals surface area contributed by atoms with E-state index in [9.17, 15) is 4.79 Å². The van der Waals surface area contributed by atoms with E-state index in [1.165, 1.54) is 17.5 Å². The molecule has 27 heavy (non-hydrogen) atoms. The van der Waals surface area contributed by atoms with Gasteiger partial charge in [0.15, 0.2) is 0 Å². The summed E-state index contributed by atoms with van der Waals surface area (Å²) in [6.07, 6.45) is 7.19. The van der Waals surface area contributed by atoms with E-state index in [4.69, 9.17) is 4.74 Å². The van der Waals surface area contributed by atoms with E-state index < -0.39 is 0 Å². The Morgan fingerprint density at radius 1 is 1.15 bits per heavy atom. The van der Waals surface area contributed by atoms with Crippen LogP contribution in [0.15, 0.2) is 36.5 Å². The van der Waals surface area contributed by atoms with E-state index in [-0.39, 0.29) is 11.9 Å². The second-order valence-corrected chi connectivity index (χ2v) is 7.53. The van der Waals surface area contributed by atoms with Gasteiger partial charge in [0.05, 0.1) is 7.11 Å². The number of benzene rings is 1. The van der Waals surface area contributed by atoms with Gasteiger partial charge >= 0.3 is 0 Å². The lowest BCUT2D eigenvalue weighted by atomic mass is 10.0. The van der Waals surface area contributed by atoms with Crippen molar-refractivity contribution in [2.45, 2.75) is 38.1 Å². The topological polar surface area (TPSA) is 45.7 Å². The second-order valence-electron chi connectivity index (χ2n) is 7.53. The van der Waals surface area contributed by atoms with Crippen molar-refractivity contribution in [1.29, 1.82) is 0 Å². The molecule has 0 unspecified atom stereocenters. The molecule has 1 amide bonds. The summed E-state index contributed by atoms with van der Waals surface area (Å²) in [5, 5.41) is 0. The van der Waals surface area contributed by atoms with Crippen LogP contribution in [0.4, 0.5) is 5.69 Å². The summed E-state index contributed by atoms with van der Waals surface area (Å²) in [5.41, 5.74) is 4.73. The molecule has 4 rings (SSSR count). The summed E-state index contributed by atoms with van der Waals surface area (Å²) in [4.78, 5) is 21.4. The van der Waals surface area contributed by atoms with E-state index in [0.29, 0.717) is 5.88 Å². The van der Waals surface area contributed by atoms with Gasteiger partial charge in [0.25, 0.3) is 5.91 Å². The molecule has 1 aliphatic heterocycles. The average molecular weight is 365 g/mol. The van der Waals surface area contributed by atoms with Crippen molar-refractivity contribution < 1.29 is 9.53 Å². The number of hydrogen-bond donors (Lipinski definition) is 0. The molecule has 0 saturated carbocycles. The maximum atomic E-state index is 13.0. The summed E-state index contributed by atoms with van der Waals surface area (Å²) in [5.74, 6) is 0.784. The summed E-state index contributed by atoms with van der Waals surface area (Å²) in [6, 6.07) is 10.5. The molecule has 0 bridgehead atoms. The quantitative estimate of drug-likeness (QED) is 0.834. The monoisotopic (exact) mass is 365 g/mol. The van der Waals surface area contributed by atoms with Crippen LogP contribution in [0, 0.1) is 0 Å². The summed E-state index contributed by atoms with van der Waals surface area (Å²) < 4.78 is 5.23. The lowest BCUT2D eigenvalue weighted by Gasteiger charge is -2.38. The molecular weight excluding hydrogens is 338 g/mol. The third-order valence-electron chi connectivity index (χ3n) is 5.97. The van der Waals surface area contributed by atoms with Crippen molar-refractivity contribution in [2.24, 2.45) is 0 Å². The number of pyridine rings is 1. The molecule has 5 heteroatoms. The Labute approximate surface area is 161 Å². The number of hydrogen-bond acceptors (Lipinski definition) is 4. The van der Waals surface area contributed by atoms with E-state index in [1.54, 1.807) is 13.3 Å². The minimum Gasteiger partial charge on any atom is -0.481 e. The smallest absolute Gasteiger partial charge is 0.253 e. The van der Waals surface area contributed by atoms with Gasteiger partial charge in [-0.2, -0.15) is 0 Å². The predicted octanol–water partition coefficient (Wildman–Crippen LogP) is 3.32. The molecule has 1 aromatic carbocycles. The highest BCUT2D eigenvalue weighted by Crippen LogP contribution is 2.26. The van der Waals surface area contributed by atoms with Crippen LogP contribution in [0.1, 0.15) is 40.7 Å². The Morgan fingerprint density at radius 2 is 1.93 bits per heavy atom. The number of rotatable bonds is 4. The second kappa shape index (κ2) is 7.59. The SMILES string of the molecule is COc1cc(N2CCC(N(C)C(=O)c3ccc4c(c3)CCC4)CC2)ccn1. The van der Waals surface area contributed by atoms with E-state index in [1.807, 2.05) is 30.1 Å². The molecule has 0 atom stereocenters. The van der Waals surface area contributed by atoms with Crippen LogP contribution in [0.25, 0.3) is 0 Å². The van der Waals surface area contributed by atoms with Crippen LogP contribution >= 0.6 is 0 Å². The number of nitrogens with zero attached hydrogens (tertiary/aromatic N) is 3. The maximum absolute atomic E-state index is 13.0. The normalized spacial score (nSPS) is 16.9. The van der Waals surface area contributed by atoms with Gasteiger partial charge in [-0.05, 0) is 61.4 Å². The lowest BCUT2D eigenvalue weighted by Crippen LogP contribution is -2.45. The summed E-state index contributed by atoms with van der Waals surface area (Å²) >= 11 is 0. The van der Waals surface area contributed by atoms with Gasteiger partial charge in [0.1, 0.15) is 0 Å². The fraction of sp³-hybridized carbons (Fsp3) is 0.455. The number of methoxy groups -OCH3 is 1. The average Bonchev–Trinajstić information content (AvgIpc) is 3.20. The maximum Gasteiger partial charge on any atom is 0.253 e. The van der Waals surface area contributed by atoms with Gasteiger partial charge in [-0.1, -0.05) is 6.07 Å². The molecule has 1 saturated heterocycles. The zero-order valence-corrected chi connectivity index (χ0v) is 16.1. The minimum absolute atomic E-state index is 0.147. The predicted molar refractivity (Wildman–Crippen MR) is 107 cm³/mol. The van der Waals surface area contributed by atoms with Crippen molar-refractivity contribution in [3.8, 4) is 5.88 Å². The van der Waals surface area contributed by atoms with Crippen molar-refractivity contribution in [3.05, 3.63) is 53.2 Å². The fourth-order valence-corrected chi connectivity index (χ4v) is 4.29. The molecule has 142 valence electrons. The summed E-state index contributed by atoms with van der Waals surface area (Å²) in [6.45, 7) is 1.86.